The van der Waals surface area contributed by atoms with Gasteiger partial charge in [0.25, 0.3) is 11.5 Å². The van der Waals surface area contributed by atoms with Crippen molar-refractivity contribution < 1.29 is 18.0 Å². The van der Waals surface area contributed by atoms with Gasteiger partial charge in [-0.25, -0.2) is 4.98 Å². The van der Waals surface area contributed by atoms with Crippen molar-refractivity contribution in [3.8, 4) is 0 Å². The van der Waals surface area contributed by atoms with E-state index in [0.29, 0.717) is 4.96 Å². The molecule has 0 spiro atoms. The molecular weight excluding hydrogens is 331 g/mol. The second-order valence-electron chi connectivity index (χ2n) is 4.56. The van der Waals surface area contributed by atoms with Crippen molar-refractivity contribution in [3.63, 3.8) is 0 Å². The molecule has 0 saturated carbocycles. The summed E-state index contributed by atoms with van der Waals surface area (Å²) in [5.41, 5.74) is -1.41. The van der Waals surface area contributed by atoms with E-state index >= 15 is 0 Å². The number of hydrogen-bond donors (Lipinski definition) is 1. The van der Waals surface area contributed by atoms with Crippen molar-refractivity contribution in [1.82, 2.24) is 9.38 Å². The van der Waals surface area contributed by atoms with Gasteiger partial charge in [-0.15, -0.1) is 11.3 Å². The number of anilines is 1. The molecule has 3 rings (SSSR count). The molecule has 0 unspecified atom stereocenters. The number of aromatic nitrogens is 2. The van der Waals surface area contributed by atoms with Crippen LogP contribution < -0.4 is 10.9 Å². The van der Waals surface area contributed by atoms with Crippen molar-refractivity contribution >= 4 is 27.9 Å². The van der Waals surface area contributed by atoms with Gasteiger partial charge in [0, 0.05) is 23.5 Å². The van der Waals surface area contributed by atoms with Crippen LogP contribution in [0.3, 0.4) is 0 Å². The monoisotopic (exact) mass is 339 g/mol. The Kier molecular flexibility index (Phi) is 3.64. The summed E-state index contributed by atoms with van der Waals surface area (Å²) in [6, 6.07) is 3.94. The van der Waals surface area contributed by atoms with Crippen molar-refractivity contribution in [1.29, 1.82) is 0 Å². The first-order valence-electron chi connectivity index (χ1n) is 6.30. The number of benzene rings is 1. The van der Waals surface area contributed by atoms with Crippen molar-refractivity contribution in [2.75, 3.05) is 5.32 Å². The highest BCUT2D eigenvalue weighted by Gasteiger charge is 2.30. The van der Waals surface area contributed by atoms with Crippen LogP contribution in [0.2, 0.25) is 0 Å². The largest absolute Gasteiger partial charge is 0.416 e. The number of rotatable bonds is 2. The summed E-state index contributed by atoms with van der Waals surface area (Å²) >= 11 is 1.24. The minimum atomic E-state index is -4.45. The third-order valence-electron chi connectivity index (χ3n) is 3.06. The summed E-state index contributed by atoms with van der Waals surface area (Å²) in [6.45, 7) is 0. The highest BCUT2D eigenvalue weighted by Crippen LogP contribution is 2.29. The minimum absolute atomic E-state index is 0.151. The number of fused-ring (bicyclic) bond motifs is 1. The molecule has 1 amide bonds. The summed E-state index contributed by atoms with van der Waals surface area (Å²) < 4.78 is 38.7. The molecule has 2 heterocycles. The molecule has 0 saturated heterocycles. The Morgan fingerprint density at radius 3 is 2.57 bits per heavy atom. The topological polar surface area (TPSA) is 63.5 Å². The maximum Gasteiger partial charge on any atom is 0.416 e. The lowest BCUT2D eigenvalue weighted by Gasteiger charge is -2.08. The van der Waals surface area contributed by atoms with E-state index in [0.717, 1.165) is 30.5 Å². The van der Waals surface area contributed by atoms with E-state index in [1.807, 2.05) is 0 Å². The molecule has 23 heavy (non-hydrogen) atoms. The molecule has 0 aliphatic carbocycles. The summed E-state index contributed by atoms with van der Waals surface area (Å²) in [5.74, 6) is -0.733. The number of thiazole rings is 1. The molecule has 5 nitrogen and oxygen atoms in total. The van der Waals surface area contributed by atoms with Gasteiger partial charge in [0.05, 0.1) is 5.56 Å². The van der Waals surface area contributed by atoms with Crippen LogP contribution in [0.4, 0.5) is 18.9 Å². The zero-order chi connectivity index (χ0) is 16.6. The van der Waals surface area contributed by atoms with Crippen LogP contribution in [0.5, 0.6) is 0 Å². The molecule has 0 atom stereocenters. The minimum Gasteiger partial charge on any atom is -0.322 e. The molecule has 1 N–H and O–H groups in total. The standard InChI is InChI=1S/C14H8F3N3O2S/c15-14(16,17)8-1-3-9(4-2-8)19-11(21)10-7-18-13-20(12(10)22)5-6-23-13/h1-7H,(H,19,21). The fourth-order valence-electron chi connectivity index (χ4n) is 1.92. The molecule has 118 valence electrons. The number of carbonyl (C=O) groups excluding carboxylic acids is 1. The van der Waals surface area contributed by atoms with E-state index in [4.69, 9.17) is 0 Å². The van der Waals surface area contributed by atoms with Crippen molar-refractivity contribution in [3.05, 3.63) is 63.5 Å². The highest BCUT2D eigenvalue weighted by atomic mass is 32.1. The van der Waals surface area contributed by atoms with E-state index < -0.39 is 23.2 Å². The third kappa shape index (κ3) is 2.95. The molecule has 0 aliphatic heterocycles. The van der Waals surface area contributed by atoms with Crippen LogP contribution in [0.1, 0.15) is 15.9 Å². The number of carbonyl (C=O) groups is 1. The first kappa shape index (κ1) is 15.2. The summed E-state index contributed by atoms with van der Waals surface area (Å²) in [6.07, 6.45) is -1.81. The lowest BCUT2D eigenvalue weighted by atomic mass is 10.2. The van der Waals surface area contributed by atoms with E-state index in [-0.39, 0.29) is 11.3 Å². The SMILES string of the molecule is O=C(Nc1ccc(C(F)(F)F)cc1)c1cnc2sccn2c1=O. The third-order valence-corrected chi connectivity index (χ3v) is 3.83. The van der Waals surface area contributed by atoms with Crippen molar-refractivity contribution in [2.24, 2.45) is 0 Å². The Labute approximate surface area is 131 Å². The van der Waals surface area contributed by atoms with Crippen LogP contribution in [0.15, 0.2) is 46.8 Å². The van der Waals surface area contributed by atoms with Gasteiger partial charge < -0.3 is 5.32 Å². The normalized spacial score (nSPS) is 11.6. The second kappa shape index (κ2) is 5.51. The van der Waals surface area contributed by atoms with E-state index in [1.165, 1.54) is 21.9 Å². The quantitative estimate of drug-likeness (QED) is 0.781. The fourth-order valence-corrected chi connectivity index (χ4v) is 2.60. The Bertz CT molecular complexity index is 929. The first-order chi connectivity index (χ1) is 10.9. The average molecular weight is 339 g/mol. The lowest BCUT2D eigenvalue weighted by molar-refractivity contribution is -0.137. The molecule has 9 heteroatoms. The van der Waals surface area contributed by atoms with Crippen molar-refractivity contribution in [2.45, 2.75) is 6.18 Å². The molecule has 0 radical (unpaired) electrons. The van der Waals surface area contributed by atoms with Crippen LogP contribution in [-0.4, -0.2) is 15.3 Å². The average Bonchev–Trinajstić information content (AvgIpc) is 2.96. The lowest BCUT2D eigenvalue weighted by Crippen LogP contribution is -2.25. The van der Waals surface area contributed by atoms with Gasteiger partial charge in [-0.3, -0.25) is 14.0 Å². The second-order valence-corrected chi connectivity index (χ2v) is 5.43. The Morgan fingerprint density at radius 2 is 1.91 bits per heavy atom. The molecule has 0 aliphatic rings. The molecule has 3 aromatic rings. The Hall–Kier alpha value is -2.68. The van der Waals surface area contributed by atoms with E-state index in [1.54, 1.807) is 5.38 Å². The maximum absolute atomic E-state index is 12.5. The molecule has 0 fully saturated rings. The van der Waals surface area contributed by atoms with Gasteiger partial charge in [-0.2, -0.15) is 13.2 Å². The molecule has 0 bridgehead atoms. The van der Waals surface area contributed by atoms with Crippen LogP contribution in [-0.2, 0) is 6.18 Å². The number of hydrogen-bond acceptors (Lipinski definition) is 4. The van der Waals surface area contributed by atoms with Gasteiger partial charge in [0.15, 0.2) is 4.96 Å². The van der Waals surface area contributed by atoms with Gasteiger partial charge in [0.1, 0.15) is 5.56 Å². The number of amides is 1. The number of halogens is 3. The van der Waals surface area contributed by atoms with Crippen LogP contribution in [0, 0.1) is 0 Å². The van der Waals surface area contributed by atoms with Crippen LogP contribution >= 0.6 is 11.3 Å². The maximum atomic E-state index is 12.5. The van der Waals surface area contributed by atoms with Gasteiger partial charge in [-0.1, -0.05) is 0 Å². The zero-order valence-corrected chi connectivity index (χ0v) is 12.1. The highest BCUT2D eigenvalue weighted by molar-refractivity contribution is 7.15. The van der Waals surface area contributed by atoms with Gasteiger partial charge >= 0.3 is 6.18 Å². The van der Waals surface area contributed by atoms with E-state index in [9.17, 15) is 22.8 Å². The molecule has 1 aromatic carbocycles. The Morgan fingerprint density at radius 1 is 1.22 bits per heavy atom. The smallest absolute Gasteiger partial charge is 0.322 e. The Balaban J connectivity index is 1.86. The summed E-state index contributed by atoms with van der Waals surface area (Å²) in [4.78, 5) is 28.7. The predicted molar refractivity (Wildman–Crippen MR) is 78.7 cm³/mol. The number of nitrogens with zero attached hydrogens (tertiary/aromatic N) is 2. The zero-order valence-electron chi connectivity index (χ0n) is 11.3. The summed E-state index contributed by atoms with van der Waals surface area (Å²) in [5, 5.41) is 4.03. The predicted octanol–water partition coefficient (Wildman–Crippen LogP) is 3.03. The first-order valence-corrected chi connectivity index (χ1v) is 7.18. The number of alkyl halides is 3. The molecule has 2 aromatic heterocycles. The van der Waals surface area contributed by atoms with Gasteiger partial charge in [-0.05, 0) is 24.3 Å². The summed E-state index contributed by atoms with van der Waals surface area (Å²) in [7, 11) is 0. The molecular formula is C14H8F3N3O2S. The van der Waals surface area contributed by atoms with Crippen LogP contribution in [0.25, 0.3) is 4.96 Å². The van der Waals surface area contributed by atoms with E-state index in [2.05, 4.69) is 10.3 Å². The number of nitrogens with one attached hydrogen (secondary N) is 1. The van der Waals surface area contributed by atoms with Gasteiger partial charge in [0.2, 0.25) is 0 Å². The fraction of sp³-hybridized carbons (Fsp3) is 0.0714.